The van der Waals surface area contributed by atoms with Crippen molar-refractivity contribution in [2.24, 2.45) is 0 Å². The fourth-order valence-electron chi connectivity index (χ4n) is 2.22. The number of rotatable bonds is 6. The van der Waals surface area contributed by atoms with Crippen molar-refractivity contribution in [3.63, 3.8) is 0 Å². The summed E-state index contributed by atoms with van der Waals surface area (Å²) in [5, 5.41) is 12.4. The number of halogens is 2. The van der Waals surface area contributed by atoms with Crippen LogP contribution in [-0.4, -0.2) is 38.3 Å². The maximum absolute atomic E-state index is 10.4. The number of hydrogen-bond donors (Lipinski definition) is 1. The first-order valence-electron chi connectivity index (χ1n) is 7.37. The molecule has 0 saturated carbocycles. The summed E-state index contributed by atoms with van der Waals surface area (Å²) in [7, 11) is 17.4. The average molecular weight is 438 g/mol. The minimum atomic E-state index is -0.556. The van der Waals surface area contributed by atoms with Crippen molar-refractivity contribution in [3.05, 3.63) is 42.0 Å². The van der Waals surface area contributed by atoms with Gasteiger partial charge in [-0.25, -0.2) is 0 Å². The van der Waals surface area contributed by atoms with Crippen LogP contribution in [0.4, 0.5) is 0 Å². The predicted molar refractivity (Wildman–Crippen MR) is 104 cm³/mol. The minimum absolute atomic E-state index is 0.182. The molecule has 136 valence electrons. The number of hydrogen-bond acceptors (Lipinski definition) is 4. The molecular weight excluding hydrogens is 416 g/mol. The zero-order chi connectivity index (χ0) is 18.8. The SMILES string of the molecule is COc1cc(OC)c(O)c(Pc2ccccc2CN(C)C)c1.[Cl][Ti][Cl]. The second kappa shape index (κ2) is 12.0. The van der Waals surface area contributed by atoms with Gasteiger partial charge in [0.2, 0.25) is 0 Å². The molecule has 0 aliphatic heterocycles. The van der Waals surface area contributed by atoms with Crippen molar-refractivity contribution >= 4 is 37.8 Å². The van der Waals surface area contributed by atoms with Crippen molar-refractivity contribution in [1.82, 2.24) is 4.90 Å². The van der Waals surface area contributed by atoms with E-state index in [2.05, 4.69) is 17.0 Å². The van der Waals surface area contributed by atoms with Gasteiger partial charge in [0.05, 0.1) is 14.2 Å². The number of nitrogens with zero attached hydrogens (tertiary/aromatic N) is 1. The number of phenolic OH excluding ortho intramolecular Hbond substituents is 1. The van der Waals surface area contributed by atoms with E-state index >= 15 is 0 Å². The standard InChI is InChI=1S/C17H22NO3P.2ClH.Ti/c1-18(2)11-12-7-5-6-8-15(12)22-16-10-13(20-3)9-14(21-4)17(16)19;;;/h5-10,19,22H,11H2,1-4H3;2*1H;/q;;;+2/p-2. The normalized spacial score (nSPS) is 10.5. The molecule has 0 spiro atoms. The van der Waals surface area contributed by atoms with E-state index in [-0.39, 0.29) is 5.75 Å². The van der Waals surface area contributed by atoms with E-state index in [0.717, 1.165) is 11.8 Å². The van der Waals surface area contributed by atoms with Gasteiger partial charge in [-0.3, -0.25) is 0 Å². The van der Waals surface area contributed by atoms with Crippen LogP contribution >= 0.6 is 27.2 Å². The topological polar surface area (TPSA) is 41.9 Å². The first-order valence-corrected chi connectivity index (χ1v) is 12.7. The molecule has 0 aromatic heterocycles. The molecule has 1 atom stereocenters. The van der Waals surface area contributed by atoms with Crippen LogP contribution in [0.1, 0.15) is 5.56 Å². The maximum atomic E-state index is 10.4. The van der Waals surface area contributed by atoms with Gasteiger partial charge < -0.3 is 19.5 Å². The fourth-order valence-corrected chi connectivity index (χ4v) is 3.47. The van der Waals surface area contributed by atoms with E-state index in [9.17, 15) is 5.11 Å². The summed E-state index contributed by atoms with van der Waals surface area (Å²) in [4.78, 5) is 2.13. The Bertz CT molecular complexity index is 674. The van der Waals surface area contributed by atoms with E-state index in [4.69, 9.17) is 28.1 Å². The summed E-state index contributed by atoms with van der Waals surface area (Å²) in [6.45, 7) is 0.866. The van der Waals surface area contributed by atoms with Crippen LogP contribution in [0.25, 0.3) is 0 Å². The Morgan fingerprint density at radius 2 is 1.72 bits per heavy atom. The van der Waals surface area contributed by atoms with Crippen LogP contribution in [0.2, 0.25) is 0 Å². The van der Waals surface area contributed by atoms with E-state index < -0.39 is 17.0 Å². The molecule has 8 heteroatoms. The zero-order valence-corrected chi connectivity index (χ0v) is 18.7. The Morgan fingerprint density at radius 1 is 1.08 bits per heavy atom. The number of methoxy groups -OCH3 is 2. The molecule has 0 radical (unpaired) electrons. The Labute approximate surface area is 167 Å². The van der Waals surface area contributed by atoms with Gasteiger partial charge in [-0.15, -0.1) is 0 Å². The molecule has 1 N–H and O–H groups in total. The van der Waals surface area contributed by atoms with Crippen molar-refractivity contribution in [3.8, 4) is 17.2 Å². The van der Waals surface area contributed by atoms with Crippen LogP contribution in [0.5, 0.6) is 17.2 Å². The Hall–Kier alpha value is -0.476. The van der Waals surface area contributed by atoms with Gasteiger partial charge in [0.25, 0.3) is 0 Å². The van der Waals surface area contributed by atoms with E-state index in [0.29, 0.717) is 20.1 Å². The van der Waals surface area contributed by atoms with Crippen LogP contribution < -0.4 is 20.1 Å². The summed E-state index contributed by atoms with van der Waals surface area (Å²) >= 11 is -0.556. The number of ether oxygens (including phenoxy) is 2. The molecule has 2 aromatic carbocycles. The summed E-state index contributed by atoms with van der Waals surface area (Å²) in [6.07, 6.45) is 0. The predicted octanol–water partition coefficient (Wildman–Crippen LogP) is 3.48. The third-order valence-corrected chi connectivity index (χ3v) is 4.68. The molecular formula is C17H22Cl2NO3PTi. The second-order valence-electron chi connectivity index (χ2n) is 5.32. The van der Waals surface area contributed by atoms with Gasteiger partial charge in [-0.05, 0) is 31.0 Å². The molecule has 1 unspecified atom stereocenters. The molecule has 2 rings (SSSR count). The molecule has 0 fully saturated rings. The van der Waals surface area contributed by atoms with E-state index in [1.165, 1.54) is 10.9 Å². The summed E-state index contributed by atoms with van der Waals surface area (Å²) in [5.74, 6) is 1.30. The number of phenols is 1. The van der Waals surface area contributed by atoms with Gasteiger partial charge in [-0.2, -0.15) is 0 Å². The van der Waals surface area contributed by atoms with Gasteiger partial charge in [0.1, 0.15) is 5.75 Å². The Balaban J connectivity index is 0.000000970. The molecule has 0 aliphatic carbocycles. The summed E-state index contributed by atoms with van der Waals surface area (Å²) < 4.78 is 10.5. The summed E-state index contributed by atoms with van der Waals surface area (Å²) in [5.41, 5.74) is 1.26. The third-order valence-electron chi connectivity index (χ3n) is 3.28. The molecule has 25 heavy (non-hydrogen) atoms. The fraction of sp³-hybridized carbons (Fsp3) is 0.294. The quantitative estimate of drug-likeness (QED) is 0.555. The van der Waals surface area contributed by atoms with Crippen molar-refractivity contribution < 1.29 is 31.6 Å². The molecule has 4 nitrogen and oxygen atoms in total. The van der Waals surface area contributed by atoms with E-state index in [1.54, 1.807) is 20.3 Å². The van der Waals surface area contributed by atoms with Gasteiger partial charge in [0, 0.05) is 17.9 Å². The molecule has 0 bridgehead atoms. The Morgan fingerprint density at radius 3 is 2.28 bits per heavy atom. The Kier molecular flexibility index (Phi) is 10.8. The molecule has 0 heterocycles. The van der Waals surface area contributed by atoms with Gasteiger partial charge in [-0.1, -0.05) is 32.8 Å². The zero-order valence-electron chi connectivity index (χ0n) is 14.6. The van der Waals surface area contributed by atoms with E-state index in [1.807, 2.05) is 32.3 Å². The first kappa shape index (κ1) is 22.6. The van der Waals surface area contributed by atoms with Crippen LogP contribution in [0.15, 0.2) is 36.4 Å². The number of aromatic hydroxyl groups is 1. The van der Waals surface area contributed by atoms with Crippen molar-refractivity contribution in [2.75, 3.05) is 28.3 Å². The van der Waals surface area contributed by atoms with Gasteiger partial charge >= 0.3 is 35.6 Å². The van der Waals surface area contributed by atoms with Crippen molar-refractivity contribution in [1.29, 1.82) is 0 Å². The molecule has 0 saturated heterocycles. The summed E-state index contributed by atoms with van der Waals surface area (Å²) in [6, 6.07) is 11.8. The molecule has 2 aromatic rings. The molecule has 0 aliphatic rings. The molecule has 0 amide bonds. The number of benzene rings is 2. The first-order chi connectivity index (χ1) is 12.0. The second-order valence-corrected chi connectivity index (χ2v) is 9.22. The monoisotopic (exact) mass is 437 g/mol. The van der Waals surface area contributed by atoms with Crippen LogP contribution in [0, 0.1) is 0 Å². The average Bonchev–Trinajstić information content (AvgIpc) is 2.58. The third kappa shape index (κ3) is 7.34. The van der Waals surface area contributed by atoms with Gasteiger partial charge in [0.15, 0.2) is 11.5 Å². The van der Waals surface area contributed by atoms with Crippen LogP contribution in [-0.2, 0) is 23.6 Å². The van der Waals surface area contributed by atoms with Crippen molar-refractivity contribution in [2.45, 2.75) is 6.54 Å². The van der Waals surface area contributed by atoms with Crippen LogP contribution in [0.3, 0.4) is 0 Å².